The highest BCUT2D eigenvalue weighted by atomic mass is 16.5. The summed E-state index contributed by atoms with van der Waals surface area (Å²) in [5, 5.41) is 5.40. The molecule has 0 heterocycles. The SMILES string of the molecule is COC(CN)CC(=O)NCCNC(=O)C(C)C. The topological polar surface area (TPSA) is 93.4 Å². The number of hydrogen-bond donors (Lipinski definition) is 3. The van der Waals surface area contributed by atoms with Crippen LogP contribution in [0.25, 0.3) is 0 Å². The van der Waals surface area contributed by atoms with Crippen molar-refractivity contribution in [3.8, 4) is 0 Å². The number of nitrogens with two attached hydrogens (primary N) is 1. The molecule has 0 aromatic carbocycles. The van der Waals surface area contributed by atoms with E-state index >= 15 is 0 Å². The van der Waals surface area contributed by atoms with Crippen LogP contribution >= 0.6 is 0 Å². The Kier molecular flexibility index (Phi) is 8.35. The quantitative estimate of drug-likeness (QED) is 0.490. The van der Waals surface area contributed by atoms with Crippen LogP contribution in [0.4, 0.5) is 0 Å². The Balaban J connectivity index is 3.61. The molecule has 0 aromatic rings. The minimum absolute atomic E-state index is 0.0176. The van der Waals surface area contributed by atoms with Gasteiger partial charge >= 0.3 is 0 Å². The third kappa shape index (κ3) is 7.70. The maximum atomic E-state index is 11.4. The summed E-state index contributed by atoms with van der Waals surface area (Å²) in [4.78, 5) is 22.6. The van der Waals surface area contributed by atoms with E-state index in [1.807, 2.05) is 13.8 Å². The molecular weight excluding hydrogens is 222 g/mol. The third-order valence-electron chi connectivity index (χ3n) is 2.28. The highest BCUT2D eigenvalue weighted by Gasteiger charge is 2.11. The molecule has 0 spiro atoms. The summed E-state index contributed by atoms with van der Waals surface area (Å²) < 4.78 is 4.99. The molecule has 0 bridgehead atoms. The van der Waals surface area contributed by atoms with Gasteiger partial charge in [-0.15, -0.1) is 0 Å². The van der Waals surface area contributed by atoms with Crippen LogP contribution in [-0.2, 0) is 14.3 Å². The van der Waals surface area contributed by atoms with Crippen LogP contribution in [0.1, 0.15) is 20.3 Å². The van der Waals surface area contributed by atoms with Gasteiger partial charge in [-0.3, -0.25) is 9.59 Å². The van der Waals surface area contributed by atoms with Crippen molar-refractivity contribution < 1.29 is 14.3 Å². The second-order valence-electron chi connectivity index (χ2n) is 4.09. The predicted molar refractivity (Wildman–Crippen MR) is 65.3 cm³/mol. The summed E-state index contributed by atoms with van der Waals surface area (Å²) in [5.74, 6) is -0.183. The minimum Gasteiger partial charge on any atom is -0.380 e. The van der Waals surface area contributed by atoms with Crippen molar-refractivity contribution in [2.75, 3.05) is 26.7 Å². The number of ether oxygens (including phenoxy) is 1. The van der Waals surface area contributed by atoms with Crippen LogP contribution in [0.2, 0.25) is 0 Å². The molecule has 100 valence electrons. The zero-order valence-corrected chi connectivity index (χ0v) is 10.8. The van der Waals surface area contributed by atoms with Crippen molar-refractivity contribution in [1.29, 1.82) is 0 Å². The number of nitrogens with one attached hydrogen (secondary N) is 2. The average molecular weight is 245 g/mol. The molecule has 6 heteroatoms. The van der Waals surface area contributed by atoms with Gasteiger partial charge in [0.05, 0.1) is 12.5 Å². The molecule has 0 radical (unpaired) electrons. The van der Waals surface area contributed by atoms with Gasteiger partial charge in [0.1, 0.15) is 0 Å². The van der Waals surface area contributed by atoms with Gasteiger partial charge in [0, 0.05) is 32.7 Å². The second kappa shape index (κ2) is 8.95. The summed E-state index contributed by atoms with van der Waals surface area (Å²) >= 11 is 0. The molecule has 1 unspecified atom stereocenters. The molecule has 0 rings (SSSR count). The van der Waals surface area contributed by atoms with Crippen LogP contribution in [-0.4, -0.2) is 44.7 Å². The Morgan fingerprint density at radius 1 is 1.24 bits per heavy atom. The molecule has 0 aliphatic rings. The van der Waals surface area contributed by atoms with Gasteiger partial charge in [-0.25, -0.2) is 0 Å². The highest BCUT2D eigenvalue weighted by molar-refractivity contribution is 5.78. The van der Waals surface area contributed by atoms with E-state index in [9.17, 15) is 9.59 Å². The van der Waals surface area contributed by atoms with Crippen LogP contribution in [0.3, 0.4) is 0 Å². The Bertz CT molecular complexity index is 240. The van der Waals surface area contributed by atoms with Crippen LogP contribution in [0.15, 0.2) is 0 Å². The third-order valence-corrected chi connectivity index (χ3v) is 2.28. The van der Waals surface area contributed by atoms with E-state index in [1.165, 1.54) is 7.11 Å². The Hall–Kier alpha value is -1.14. The van der Waals surface area contributed by atoms with E-state index in [2.05, 4.69) is 10.6 Å². The number of methoxy groups -OCH3 is 1. The number of carbonyl (C=O) groups is 2. The summed E-state index contributed by atoms with van der Waals surface area (Å²) in [6.07, 6.45) is -0.00857. The maximum absolute atomic E-state index is 11.4. The summed E-state index contributed by atoms with van der Waals surface area (Å²) in [5.41, 5.74) is 5.40. The van der Waals surface area contributed by atoms with E-state index < -0.39 is 0 Å². The minimum atomic E-state index is -0.250. The summed E-state index contributed by atoms with van der Waals surface area (Å²) in [6.45, 7) is 4.80. The van der Waals surface area contributed by atoms with E-state index in [-0.39, 0.29) is 30.3 Å². The molecule has 0 aliphatic carbocycles. The van der Waals surface area contributed by atoms with Gasteiger partial charge in [0.15, 0.2) is 0 Å². The lowest BCUT2D eigenvalue weighted by molar-refractivity contribution is -0.125. The fourth-order valence-electron chi connectivity index (χ4n) is 1.13. The Labute approximate surface area is 102 Å². The van der Waals surface area contributed by atoms with Crippen LogP contribution in [0, 0.1) is 5.92 Å². The first-order valence-corrected chi connectivity index (χ1v) is 5.78. The van der Waals surface area contributed by atoms with Crippen LogP contribution in [0.5, 0.6) is 0 Å². The molecular formula is C11H23N3O3. The first-order valence-electron chi connectivity index (χ1n) is 5.78. The fourth-order valence-corrected chi connectivity index (χ4v) is 1.13. The van der Waals surface area contributed by atoms with Crippen molar-refractivity contribution in [3.05, 3.63) is 0 Å². The van der Waals surface area contributed by atoms with Gasteiger partial charge in [0.25, 0.3) is 0 Å². The monoisotopic (exact) mass is 245 g/mol. The first-order chi connectivity index (χ1) is 8.01. The lowest BCUT2D eigenvalue weighted by atomic mass is 10.2. The van der Waals surface area contributed by atoms with Gasteiger partial charge in [-0.05, 0) is 0 Å². The molecule has 0 fully saturated rings. The zero-order chi connectivity index (χ0) is 13.3. The number of rotatable bonds is 8. The Morgan fingerprint density at radius 3 is 2.29 bits per heavy atom. The van der Waals surface area contributed by atoms with Gasteiger partial charge < -0.3 is 21.1 Å². The molecule has 6 nitrogen and oxygen atoms in total. The van der Waals surface area contributed by atoms with Crippen molar-refractivity contribution in [3.63, 3.8) is 0 Å². The summed E-state index contributed by atoms with van der Waals surface area (Å²) in [7, 11) is 1.52. The zero-order valence-electron chi connectivity index (χ0n) is 10.8. The van der Waals surface area contributed by atoms with E-state index in [0.29, 0.717) is 19.6 Å². The van der Waals surface area contributed by atoms with Crippen molar-refractivity contribution in [2.45, 2.75) is 26.4 Å². The molecule has 2 amide bonds. The molecule has 1 atom stereocenters. The number of carbonyl (C=O) groups excluding carboxylic acids is 2. The van der Waals surface area contributed by atoms with Crippen molar-refractivity contribution in [1.82, 2.24) is 10.6 Å². The largest absolute Gasteiger partial charge is 0.380 e. The van der Waals surface area contributed by atoms with Gasteiger partial charge in [0.2, 0.25) is 11.8 Å². The fraction of sp³-hybridized carbons (Fsp3) is 0.818. The van der Waals surface area contributed by atoms with Crippen molar-refractivity contribution in [2.24, 2.45) is 11.7 Å². The molecule has 0 saturated carbocycles. The van der Waals surface area contributed by atoms with E-state index in [0.717, 1.165) is 0 Å². The molecule has 0 aromatic heterocycles. The lowest BCUT2D eigenvalue weighted by Crippen LogP contribution is -2.38. The number of hydrogen-bond acceptors (Lipinski definition) is 4. The average Bonchev–Trinajstić information content (AvgIpc) is 2.31. The maximum Gasteiger partial charge on any atom is 0.222 e. The van der Waals surface area contributed by atoms with Gasteiger partial charge in [-0.1, -0.05) is 13.8 Å². The first kappa shape index (κ1) is 15.9. The number of amides is 2. The van der Waals surface area contributed by atoms with Crippen molar-refractivity contribution >= 4 is 11.8 Å². The smallest absolute Gasteiger partial charge is 0.222 e. The normalized spacial score (nSPS) is 12.3. The van der Waals surface area contributed by atoms with Crippen LogP contribution < -0.4 is 16.4 Å². The summed E-state index contributed by atoms with van der Waals surface area (Å²) in [6, 6.07) is 0. The molecule has 0 saturated heterocycles. The highest BCUT2D eigenvalue weighted by Crippen LogP contribution is 1.94. The predicted octanol–water partition coefficient (Wildman–Crippen LogP) is -0.761. The van der Waals surface area contributed by atoms with E-state index in [4.69, 9.17) is 10.5 Å². The lowest BCUT2D eigenvalue weighted by Gasteiger charge is -2.13. The molecule has 0 aliphatic heterocycles. The second-order valence-corrected chi connectivity index (χ2v) is 4.09. The van der Waals surface area contributed by atoms with Gasteiger partial charge in [-0.2, -0.15) is 0 Å². The standard InChI is InChI=1S/C11H23N3O3/c1-8(2)11(16)14-5-4-13-10(15)6-9(7-12)17-3/h8-9H,4-7,12H2,1-3H3,(H,13,15)(H,14,16). The van der Waals surface area contributed by atoms with E-state index in [1.54, 1.807) is 0 Å². The Morgan fingerprint density at radius 2 is 1.82 bits per heavy atom. The molecule has 4 N–H and O–H groups in total. The molecule has 17 heavy (non-hydrogen) atoms.